The number of ether oxygens (including phenoxy) is 2. The molecular weight excluding hydrogens is 448 g/mol. The van der Waals surface area contributed by atoms with Gasteiger partial charge in [0.1, 0.15) is 24.9 Å². The molecule has 10 heteroatoms. The van der Waals surface area contributed by atoms with Crippen molar-refractivity contribution in [3.05, 3.63) is 75.7 Å². The van der Waals surface area contributed by atoms with Crippen LogP contribution in [0.1, 0.15) is 22.6 Å². The zero-order chi connectivity index (χ0) is 23.9. The van der Waals surface area contributed by atoms with Crippen molar-refractivity contribution in [1.82, 2.24) is 15.0 Å². The Balaban J connectivity index is 1.35. The standard InChI is InChI=1S/C25H20N6O4/c26-10-15-20(16-12-27-17-4-2-1-3-14(16)17)21-22(29-23(15)32)30-25(31-24(21)33)28-11-13-5-6-18-19(9-13)35-8-7-34-18/h1-6,9,12,15,20,27H,7-8,11H2,(H3,28,29,30,31,32,33). The molecule has 2 atom stereocenters. The lowest BCUT2D eigenvalue weighted by Gasteiger charge is -2.28. The van der Waals surface area contributed by atoms with Crippen LogP contribution in [0.5, 0.6) is 11.5 Å². The van der Waals surface area contributed by atoms with Crippen LogP contribution in [0.3, 0.4) is 0 Å². The van der Waals surface area contributed by atoms with E-state index in [1.54, 1.807) is 6.20 Å². The summed E-state index contributed by atoms with van der Waals surface area (Å²) >= 11 is 0. The first-order valence-corrected chi connectivity index (χ1v) is 11.2. The minimum absolute atomic E-state index is 0.144. The Morgan fingerprint density at radius 1 is 1.11 bits per heavy atom. The number of carbonyl (C=O) groups excluding carboxylic acids is 1. The molecule has 0 aliphatic carbocycles. The highest BCUT2D eigenvalue weighted by molar-refractivity contribution is 5.99. The van der Waals surface area contributed by atoms with Crippen LogP contribution in [0.2, 0.25) is 0 Å². The van der Waals surface area contributed by atoms with Gasteiger partial charge in [-0.25, -0.2) is 0 Å². The molecule has 0 bridgehead atoms. The second kappa shape index (κ2) is 8.22. The lowest BCUT2D eigenvalue weighted by molar-refractivity contribution is -0.119. The number of H-pyrrole nitrogens is 2. The monoisotopic (exact) mass is 468 g/mol. The molecule has 10 nitrogen and oxygen atoms in total. The summed E-state index contributed by atoms with van der Waals surface area (Å²) in [6.45, 7) is 1.37. The first-order valence-electron chi connectivity index (χ1n) is 11.2. The fourth-order valence-electron chi connectivity index (χ4n) is 4.67. The molecule has 0 spiro atoms. The van der Waals surface area contributed by atoms with E-state index in [9.17, 15) is 14.9 Å². The van der Waals surface area contributed by atoms with Crippen molar-refractivity contribution >= 4 is 28.6 Å². The second-order valence-electron chi connectivity index (χ2n) is 8.37. The number of nitrogens with one attached hydrogen (secondary N) is 4. The minimum atomic E-state index is -1.07. The molecule has 2 unspecified atom stereocenters. The van der Waals surface area contributed by atoms with Crippen LogP contribution in [-0.2, 0) is 11.3 Å². The number of aromatic amines is 2. The Morgan fingerprint density at radius 2 is 1.94 bits per heavy atom. The van der Waals surface area contributed by atoms with Gasteiger partial charge in [0.15, 0.2) is 11.5 Å². The maximum atomic E-state index is 13.3. The number of amides is 1. The Kier molecular flexibility index (Phi) is 4.88. The normalized spacial score (nSPS) is 18.4. The molecule has 2 aromatic carbocycles. The number of fused-ring (bicyclic) bond motifs is 3. The molecule has 2 aliphatic heterocycles. The van der Waals surface area contributed by atoms with Crippen molar-refractivity contribution in [3.63, 3.8) is 0 Å². The maximum absolute atomic E-state index is 13.3. The van der Waals surface area contributed by atoms with Crippen molar-refractivity contribution in [3.8, 4) is 17.6 Å². The number of hydrogen-bond donors (Lipinski definition) is 4. The Bertz CT molecular complexity index is 1570. The predicted molar refractivity (Wildman–Crippen MR) is 127 cm³/mol. The molecule has 1 amide bonds. The van der Waals surface area contributed by atoms with E-state index < -0.39 is 23.3 Å². The quantitative estimate of drug-likeness (QED) is 0.360. The van der Waals surface area contributed by atoms with Crippen LogP contribution in [0, 0.1) is 17.2 Å². The smallest absolute Gasteiger partial charge is 0.258 e. The number of para-hydroxylation sites is 1. The maximum Gasteiger partial charge on any atom is 0.258 e. The molecule has 174 valence electrons. The van der Waals surface area contributed by atoms with Gasteiger partial charge in [-0.15, -0.1) is 0 Å². The van der Waals surface area contributed by atoms with Gasteiger partial charge in [-0.1, -0.05) is 24.3 Å². The summed E-state index contributed by atoms with van der Waals surface area (Å²) in [5.74, 6) is -0.616. The molecular formula is C25H20N6O4. The highest BCUT2D eigenvalue weighted by atomic mass is 16.6. The van der Waals surface area contributed by atoms with E-state index in [1.807, 2.05) is 42.5 Å². The van der Waals surface area contributed by atoms with Crippen LogP contribution in [-0.4, -0.2) is 34.1 Å². The fraction of sp³-hybridized carbons (Fsp3) is 0.200. The molecule has 4 N–H and O–H groups in total. The number of nitrogens with zero attached hydrogens (tertiary/aromatic N) is 2. The molecule has 4 aromatic rings. The average Bonchev–Trinajstić information content (AvgIpc) is 3.30. The summed E-state index contributed by atoms with van der Waals surface area (Å²) in [6.07, 6.45) is 1.75. The molecule has 0 radical (unpaired) electrons. The second-order valence-corrected chi connectivity index (χ2v) is 8.37. The third kappa shape index (κ3) is 3.54. The summed E-state index contributed by atoms with van der Waals surface area (Å²) < 4.78 is 11.2. The van der Waals surface area contributed by atoms with Gasteiger partial charge in [0, 0.05) is 29.6 Å². The number of nitriles is 1. The van der Waals surface area contributed by atoms with Gasteiger partial charge in [-0.3, -0.25) is 14.6 Å². The van der Waals surface area contributed by atoms with E-state index in [1.165, 1.54) is 0 Å². The third-order valence-corrected chi connectivity index (χ3v) is 6.29. The first kappa shape index (κ1) is 20.8. The largest absolute Gasteiger partial charge is 0.486 e. The minimum Gasteiger partial charge on any atom is -0.486 e. The van der Waals surface area contributed by atoms with Crippen molar-refractivity contribution < 1.29 is 14.3 Å². The molecule has 0 fully saturated rings. The van der Waals surface area contributed by atoms with E-state index in [-0.39, 0.29) is 17.3 Å². The Morgan fingerprint density at radius 3 is 2.80 bits per heavy atom. The zero-order valence-corrected chi connectivity index (χ0v) is 18.4. The van der Waals surface area contributed by atoms with Crippen molar-refractivity contribution in [2.24, 2.45) is 5.92 Å². The SMILES string of the molecule is N#CC1C(=O)Nc2nc(NCc3ccc4c(c3)OCCO4)[nH]c(=O)c2C1c1c[nH]c2ccccc12. The van der Waals surface area contributed by atoms with E-state index in [4.69, 9.17) is 9.47 Å². The third-order valence-electron chi connectivity index (χ3n) is 6.29. The first-order chi connectivity index (χ1) is 17.1. The zero-order valence-electron chi connectivity index (χ0n) is 18.4. The number of benzene rings is 2. The van der Waals surface area contributed by atoms with E-state index in [2.05, 4.69) is 31.7 Å². The highest BCUT2D eigenvalue weighted by Gasteiger charge is 2.41. The predicted octanol–water partition coefficient (Wildman–Crippen LogP) is 2.86. The van der Waals surface area contributed by atoms with Gasteiger partial charge in [-0.2, -0.15) is 10.2 Å². The van der Waals surface area contributed by atoms with Gasteiger partial charge in [0.2, 0.25) is 11.9 Å². The Labute approximate surface area is 198 Å². The van der Waals surface area contributed by atoms with E-state index >= 15 is 0 Å². The number of anilines is 2. The van der Waals surface area contributed by atoms with Crippen LogP contribution < -0.4 is 25.7 Å². The van der Waals surface area contributed by atoms with Crippen molar-refractivity contribution in [1.29, 1.82) is 5.26 Å². The molecule has 2 aromatic heterocycles. The summed E-state index contributed by atoms with van der Waals surface area (Å²) in [5.41, 5.74) is 2.29. The van der Waals surface area contributed by atoms with Crippen LogP contribution in [0.25, 0.3) is 10.9 Å². The van der Waals surface area contributed by atoms with Gasteiger partial charge in [0.25, 0.3) is 5.56 Å². The Hall–Kier alpha value is -4.78. The summed E-state index contributed by atoms with van der Waals surface area (Å²) in [5, 5.41) is 16.4. The van der Waals surface area contributed by atoms with Gasteiger partial charge >= 0.3 is 0 Å². The molecule has 6 rings (SSSR count). The van der Waals surface area contributed by atoms with E-state index in [0.29, 0.717) is 36.8 Å². The van der Waals surface area contributed by atoms with Gasteiger partial charge < -0.3 is 25.1 Å². The summed E-state index contributed by atoms with van der Waals surface area (Å²) in [6, 6.07) is 15.2. The molecule has 0 saturated carbocycles. The number of aromatic nitrogens is 3. The topological polar surface area (TPSA) is 145 Å². The molecule has 35 heavy (non-hydrogen) atoms. The lowest BCUT2D eigenvalue weighted by Crippen LogP contribution is -2.38. The summed E-state index contributed by atoms with van der Waals surface area (Å²) in [7, 11) is 0. The fourth-order valence-corrected chi connectivity index (χ4v) is 4.67. The van der Waals surface area contributed by atoms with Crippen molar-refractivity contribution in [2.45, 2.75) is 12.5 Å². The van der Waals surface area contributed by atoms with Gasteiger partial charge in [0.05, 0.1) is 11.6 Å². The van der Waals surface area contributed by atoms with Gasteiger partial charge in [-0.05, 0) is 29.3 Å². The number of hydrogen-bond acceptors (Lipinski definition) is 7. The molecule has 0 saturated heterocycles. The molecule has 2 aliphatic rings. The van der Waals surface area contributed by atoms with Crippen LogP contribution in [0.15, 0.2) is 53.5 Å². The summed E-state index contributed by atoms with van der Waals surface area (Å²) in [4.78, 5) is 36.5. The van der Waals surface area contributed by atoms with Crippen LogP contribution >= 0.6 is 0 Å². The highest BCUT2D eigenvalue weighted by Crippen LogP contribution is 2.40. The van der Waals surface area contributed by atoms with E-state index in [0.717, 1.165) is 16.5 Å². The lowest BCUT2D eigenvalue weighted by atomic mass is 9.79. The number of carbonyl (C=O) groups is 1. The average molecular weight is 468 g/mol. The van der Waals surface area contributed by atoms with Crippen LogP contribution in [0.4, 0.5) is 11.8 Å². The number of rotatable bonds is 4. The molecule has 4 heterocycles. The van der Waals surface area contributed by atoms with Crippen molar-refractivity contribution in [2.75, 3.05) is 23.8 Å².